The molecule has 2 aliphatic rings. The van der Waals surface area contributed by atoms with Crippen molar-refractivity contribution in [3.63, 3.8) is 0 Å². The van der Waals surface area contributed by atoms with Crippen LogP contribution >= 0.6 is 0 Å². The molecular weight excluding hydrogens is 242 g/mol. The summed E-state index contributed by atoms with van der Waals surface area (Å²) in [7, 11) is 0. The van der Waals surface area contributed by atoms with E-state index in [9.17, 15) is 4.79 Å². The Balaban J connectivity index is 1.66. The number of rotatable bonds is 1. The minimum absolute atomic E-state index is 0.0441. The summed E-state index contributed by atoms with van der Waals surface area (Å²) >= 11 is 0. The zero-order valence-electron chi connectivity index (χ0n) is 11.6. The lowest BCUT2D eigenvalue weighted by atomic mass is 9.86. The van der Waals surface area contributed by atoms with Gasteiger partial charge in [0, 0.05) is 31.1 Å². The zero-order chi connectivity index (χ0) is 13.5. The smallest absolute Gasteiger partial charge is 0.322 e. The fraction of sp³-hybridized carbons (Fsp3) is 0.769. The molecule has 19 heavy (non-hydrogen) atoms. The van der Waals surface area contributed by atoms with Gasteiger partial charge >= 0.3 is 6.03 Å². The average Bonchev–Trinajstić information content (AvgIpc) is 3.11. The van der Waals surface area contributed by atoms with Crippen LogP contribution in [-0.2, 0) is 0 Å². The number of carbonyl (C=O) groups excluding carboxylic acids is 1. The fourth-order valence-electron chi connectivity index (χ4n) is 3.29. The van der Waals surface area contributed by atoms with E-state index in [-0.39, 0.29) is 6.03 Å². The SMILES string of the molecule is CC(C)N1CCC2(CCN(C(=O)n3cncn3)C2)C1. The molecule has 1 spiro atoms. The highest BCUT2D eigenvalue weighted by atomic mass is 16.2. The number of likely N-dealkylation sites (tertiary alicyclic amines) is 2. The van der Waals surface area contributed by atoms with Crippen molar-refractivity contribution in [2.75, 3.05) is 26.2 Å². The normalized spacial score (nSPS) is 27.8. The van der Waals surface area contributed by atoms with Gasteiger partial charge in [0.15, 0.2) is 0 Å². The zero-order valence-corrected chi connectivity index (χ0v) is 11.6. The van der Waals surface area contributed by atoms with Gasteiger partial charge in [0.05, 0.1) is 0 Å². The van der Waals surface area contributed by atoms with E-state index in [0.717, 1.165) is 32.6 Å². The van der Waals surface area contributed by atoms with Crippen molar-refractivity contribution in [1.29, 1.82) is 0 Å². The summed E-state index contributed by atoms with van der Waals surface area (Å²) in [5.74, 6) is 0. The summed E-state index contributed by atoms with van der Waals surface area (Å²) in [6.07, 6.45) is 5.19. The number of hydrogen-bond donors (Lipinski definition) is 0. The summed E-state index contributed by atoms with van der Waals surface area (Å²) in [5, 5.41) is 3.92. The molecule has 2 aliphatic heterocycles. The Morgan fingerprint density at radius 3 is 2.68 bits per heavy atom. The third-order valence-electron chi connectivity index (χ3n) is 4.52. The minimum Gasteiger partial charge on any atom is -0.322 e. The second-order valence-electron chi connectivity index (χ2n) is 6.11. The van der Waals surface area contributed by atoms with Crippen LogP contribution in [0.15, 0.2) is 12.7 Å². The first kappa shape index (κ1) is 12.6. The summed E-state index contributed by atoms with van der Waals surface area (Å²) in [5.41, 5.74) is 0.306. The summed E-state index contributed by atoms with van der Waals surface area (Å²) in [6, 6.07) is 0.553. The largest absolute Gasteiger partial charge is 0.346 e. The molecule has 0 aromatic carbocycles. The number of nitrogens with zero attached hydrogens (tertiary/aromatic N) is 5. The molecule has 0 saturated carbocycles. The summed E-state index contributed by atoms with van der Waals surface area (Å²) in [6.45, 7) is 8.45. The van der Waals surface area contributed by atoms with E-state index in [1.54, 1.807) is 0 Å². The molecule has 2 fully saturated rings. The Hall–Kier alpha value is -1.43. The molecule has 3 rings (SSSR count). The van der Waals surface area contributed by atoms with Crippen LogP contribution in [0.3, 0.4) is 0 Å². The van der Waals surface area contributed by atoms with Crippen LogP contribution in [-0.4, -0.2) is 62.8 Å². The average molecular weight is 263 g/mol. The maximum Gasteiger partial charge on any atom is 0.346 e. The molecule has 1 atom stereocenters. The van der Waals surface area contributed by atoms with Crippen molar-refractivity contribution < 1.29 is 4.79 Å². The standard InChI is InChI=1S/C13H21N5O/c1-11(2)16-5-3-13(7-16)4-6-17(8-13)12(19)18-10-14-9-15-18/h9-11H,3-8H2,1-2H3. The molecule has 1 aromatic heterocycles. The number of aromatic nitrogens is 3. The second-order valence-corrected chi connectivity index (χ2v) is 6.11. The third kappa shape index (κ3) is 2.25. The lowest BCUT2D eigenvalue weighted by molar-refractivity contribution is 0.193. The lowest BCUT2D eigenvalue weighted by Gasteiger charge is -2.26. The Morgan fingerprint density at radius 1 is 1.26 bits per heavy atom. The molecule has 2 saturated heterocycles. The summed E-state index contributed by atoms with van der Waals surface area (Å²) < 4.78 is 1.33. The van der Waals surface area contributed by atoms with Crippen LogP contribution < -0.4 is 0 Å². The van der Waals surface area contributed by atoms with E-state index in [2.05, 4.69) is 28.8 Å². The van der Waals surface area contributed by atoms with Crippen molar-refractivity contribution in [2.24, 2.45) is 5.41 Å². The van der Waals surface area contributed by atoms with Gasteiger partial charge in [-0.25, -0.2) is 9.78 Å². The molecular formula is C13H21N5O. The molecule has 6 nitrogen and oxygen atoms in total. The van der Waals surface area contributed by atoms with Crippen LogP contribution in [0.2, 0.25) is 0 Å². The maximum atomic E-state index is 12.2. The monoisotopic (exact) mass is 263 g/mol. The molecule has 0 aliphatic carbocycles. The molecule has 1 aromatic rings. The van der Waals surface area contributed by atoms with E-state index in [1.807, 2.05) is 4.90 Å². The van der Waals surface area contributed by atoms with Crippen LogP contribution in [0.5, 0.6) is 0 Å². The number of amides is 1. The van der Waals surface area contributed by atoms with Crippen LogP contribution in [0.25, 0.3) is 0 Å². The van der Waals surface area contributed by atoms with Gasteiger partial charge in [-0.2, -0.15) is 9.78 Å². The first-order valence-electron chi connectivity index (χ1n) is 6.98. The fourth-order valence-corrected chi connectivity index (χ4v) is 3.29. The van der Waals surface area contributed by atoms with Gasteiger partial charge in [-0.05, 0) is 33.2 Å². The van der Waals surface area contributed by atoms with Gasteiger partial charge in [-0.1, -0.05) is 0 Å². The predicted molar refractivity (Wildman–Crippen MR) is 70.8 cm³/mol. The van der Waals surface area contributed by atoms with Crippen LogP contribution in [0, 0.1) is 5.41 Å². The van der Waals surface area contributed by atoms with E-state index in [0.29, 0.717) is 11.5 Å². The Labute approximate surface area is 113 Å². The van der Waals surface area contributed by atoms with Gasteiger partial charge in [-0.3, -0.25) is 0 Å². The Morgan fingerprint density at radius 2 is 2.05 bits per heavy atom. The van der Waals surface area contributed by atoms with Crippen molar-refractivity contribution in [1.82, 2.24) is 24.6 Å². The minimum atomic E-state index is -0.0441. The molecule has 1 amide bonds. The molecule has 0 N–H and O–H groups in total. The second kappa shape index (κ2) is 4.59. The molecule has 3 heterocycles. The van der Waals surface area contributed by atoms with Gasteiger partial charge in [0.1, 0.15) is 12.7 Å². The van der Waals surface area contributed by atoms with E-state index >= 15 is 0 Å². The van der Waals surface area contributed by atoms with Crippen LogP contribution in [0.4, 0.5) is 4.79 Å². The molecule has 0 bridgehead atoms. The Kier molecular flexibility index (Phi) is 3.05. The molecule has 104 valence electrons. The quantitative estimate of drug-likeness (QED) is 0.760. The molecule has 0 radical (unpaired) electrons. The first-order valence-corrected chi connectivity index (χ1v) is 6.98. The van der Waals surface area contributed by atoms with Crippen LogP contribution in [0.1, 0.15) is 26.7 Å². The van der Waals surface area contributed by atoms with Gasteiger partial charge in [0.25, 0.3) is 0 Å². The predicted octanol–water partition coefficient (Wildman–Crippen LogP) is 1.05. The van der Waals surface area contributed by atoms with Crippen molar-refractivity contribution in [3.05, 3.63) is 12.7 Å². The molecule has 6 heteroatoms. The number of hydrogen-bond acceptors (Lipinski definition) is 4. The van der Waals surface area contributed by atoms with Gasteiger partial charge in [-0.15, -0.1) is 0 Å². The van der Waals surface area contributed by atoms with E-state index < -0.39 is 0 Å². The maximum absolute atomic E-state index is 12.2. The third-order valence-corrected chi connectivity index (χ3v) is 4.52. The van der Waals surface area contributed by atoms with Crippen molar-refractivity contribution >= 4 is 6.03 Å². The van der Waals surface area contributed by atoms with E-state index in [4.69, 9.17) is 0 Å². The molecule has 1 unspecified atom stereocenters. The number of carbonyl (C=O) groups is 1. The lowest BCUT2D eigenvalue weighted by Crippen LogP contribution is -2.37. The highest BCUT2D eigenvalue weighted by Gasteiger charge is 2.45. The first-order chi connectivity index (χ1) is 9.10. The highest BCUT2D eigenvalue weighted by Crippen LogP contribution is 2.40. The van der Waals surface area contributed by atoms with Gasteiger partial charge < -0.3 is 9.80 Å². The Bertz CT molecular complexity index is 458. The van der Waals surface area contributed by atoms with E-state index in [1.165, 1.54) is 23.8 Å². The van der Waals surface area contributed by atoms with Crippen molar-refractivity contribution in [3.8, 4) is 0 Å². The topological polar surface area (TPSA) is 54.3 Å². The van der Waals surface area contributed by atoms with Gasteiger partial charge in [0.2, 0.25) is 0 Å². The summed E-state index contributed by atoms with van der Waals surface area (Å²) in [4.78, 5) is 20.5. The van der Waals surface area contributed by atoms with Crippen molar-refractivity contribution in [2.45, 2.75) is 32.7 Å². The highest BCUT2D eigenvalue weighted by molar-refractivity contribution is 5.76.